The summed E-state index contributed by atoms with van der Waals surface area (Å²) in [5, 5.41) is 6.90. The number of hydrogen-bond donors (Lipinski definition) is 2. The SMILES string of the molecule is Cc1cc(Nc2ncc(-c3nc(C(C)C)no3)c(N)n2)ccc1S(C)(=O)=O. The van der Waals surface area contributed by atoms with Crippen molar-refractivity contribution < 1.29 is 12.9 Å². The summed E-state index contributed by atoms with van der Waals surface area (Å²) in [6, 6.07) is 4.89. The van der Waals surface area contributed by atoms with E-state index in [9.17, 15) is 8.42 Å². The average Bonchev–Trinajstić information content (AvgIpc) is 3.04. The van der Waals surface area contributed by atoms with Gasteiger partial charge in [0.25, 0.3) is 5.89 Å². The molecule has 0 atom stereocenters. The van der Waals surface area contributed by atoms with Gasteiger partial charge in [-0.1, -0.05) is 19.0 Å². The first-order valence-electron chi connectivity index (χ1n) is 8.19. The van der Waals surface area contributed by atoms with Gasteiger partial charge in [0, 0.05) is 24.1 Å². The van der Waals surface area contributed by atoms with Crippen molar-refractivity contribution in [2.45, 2.75) is 31.6 Å². The van der Waals surface area contributed by atoms with Gasteiger partial charge in [-0.05, 0) is 30.7 Å². The van der Waals surface area contributed by atoms with Crippen LogP contribution in [0.2, 0.25) is 0 Å². The molecule has 0 bridgehead atoms. The Bertz CT molecular complexity index is 1090. The van der Waals surface area contributed by atoms with Crippen molar-refractivity contribution in [1.82, 2.24) is 20.1 Å². The van der Waals surface area contributed by atoms with Gasteiger partial charge < -0.3 is 15.6 Å². The summed E-state index contributed by atoms with van der Waals surface area (Å²) < 4.78 is 28.6. The van der Waals surface area contributed by atoms with Gasteiger partial charge in [-0.2, -0.15) is 9.97 Å². The molecular formula is C17H20N6O3S. The van der Waals surface area contributed by atoms with Gasteiger partial charge in [-0.15, -0.1) is 0 Å². The molecule has 142 valence electrons. The zero-order chi connectivity index (χ0) is 19.8. The van der Waals surface area contributed by atoms with Crippen molar-refractivity contribution in [3.63, 3.8) is 0 Å². The Morgan fingerprint density at radius 2 is 1.96 bits per heavy atom. The fraction of sp³-hybridized carbons (Fsp3) is 0.294. The number of aromatic nitrogens is 4. The lowest BCUT2D eigenvalue weighted by Crippen LogP contribution is -2.04. The van der Waals surface area contributed by atoms with E-state index in [-0.39, 0.29) is 28.5 Å². The van der Waals surface area contributed by atoms with E-state index in [0.717, 1.165) is 0 Å². The smallest absolute Gasteiger partial charge is 0.263 e. The minimum Gasteiger partial charge on any atom is -0.383 e. The highest BCUT2D eigenvalue weighted by Crippen LogP contribution is 2.26. The molecule has 0 fully saturated rings. The van der Waals surface area contributed by atoms with E-state index in [2.05, 4.69) is 25.4 Å². The zero-order valence-corrected chi connectivity index (χ0v) is 16.2. The lowest BCUT2D eigenvalue weighted by molar-refractivity contribution is 0.419. The van der Waals surface area contributed by atoms with E-state index < -0.39 is 9.84 Å². The summed E-state index contributed by atoms with van der Waals surface area (Å²) in [4.78, 5) is 13.0. The zero-order valence-electron chi connectivity index (χ0n) is 15.4. The van der Waals surface area contributed by atoms with Crippen molar-refractivity contribution in [3.8, 4) is 11.5 Å². The monoisotopic (exact) mass is 388 g/mol. The Labute approximate surface area is 157 Å². The Morgan fingerprint density at radius 1 is 1.22 bits per heavy atom. The van der Waals surface area contributed by atoms with Crippen LogP contribution in [0, 0.1) is 6.92 Å². The molecule has 0 spiro atoms. The van der Waals surface area contributed by atoms with E-state index in [0.29, 0.717) is 22.6 Å². The highest BCUT2D eigenvalue weighted by Gasteiger charge is 2.16. The molecule has 3 rings (SSSR count). The predicted molar refractivity (Wildman–Crippen MR) is 101 cm³/mol. The quantitative estimate of drug-likeness (QED) is 0.675. The van der Waals surface area contributed by atoms with Crippen molar-refractivity contribution >= 4 is 27.3 Å². The van der Waals surface area contributed by atoms with E-state index in [1.807, 2.05) is 13.8 Å². The van der Waals surface area contributed by atoms with Crippen molar-refractivity contribution in [2.24, 2.45) is 0 Å². The maximum absolute atomic E-state index is 11.7. The van der Waals surface area contributed by atoms with Gasteiger partial charge in [-0.25, -0.2) is 13.4 Å². The van der Waals surface area contributed by atoms with Gasteiger partial charge in [-0.3, -0.25) is 0 Å². The summed E-state index contributed by atoms with van der Waals surface area (Å²) in [6.45, 7) is 5.64. The molecule has 3 aromatic rings. The van der Waals surface area contributed by atoms with Crippen LogP contribution in [0.25, 0.3) is 11.5 Å². The molecule has 2 aromatic heterocycles. The lowest BCUT2D eigenvalue weighted by atomic mass is 10.2. The summed E-state index contributed by atoms with van der Waals surface area (Å²) in [5.41, 5.74) is 7.72. The topological polar surface area (TPSA) is 137 Å². The fourth-order valence-corrected chi connectivity index (χ4v) is 3.43. The van der Waals surface area contributed by atoms with Crippen molar-refractivity contribution in [3.05, 3.63) is 35.8 Å². The molecule has 1 aromatic carbocycles. The standard InChI is InChI=1S/C17H20N6O3S/c1-9(2)15-22-16(26-23-15)12-8-19-17(21-14(12)18)20-11-5-6-13(10(3)7-11)27(4,24)25/h5-9H,1-4H3,(H3,18,19,20,21). The number of sulfone groups is 1. The highest BCUT2D eigenvalue weighted by atomic mass is 32.2. The number of hydrogen-bond acceptors (Lipinski definition) is 9. The molecule has 0 unspecified atom stereocenters. The molecular weight excluding hydrogens is 368 g/mol. The second-order valence-corrected chi connectivity index (χ2v) is 8.47. The molecule has 27 heavy (non-hydrogen) atoms. The van der Waals surface area contributed by atoms with Crippen LogP contribution in [0.4, 0.5) is 17.5 Å². The Hall–Kier alpha value is -3.01. The number of benzene rings is 1. The largest absolute Gasteiger partial charge is 0.383 e. The van der Waals surface area contributed by atoms with E-state index in [1.165, 1.54) is 18.5 Å². The summed E-state index contributed by atoms with van der Waals surface area (Å²) >= 11 is 0. The van der Waals surface area contributed by atoms with Gasteiger partial charge >= 0.3 is 0 Å². The molecule has 0 aliphatic rings. The number of rotatable bonds is 5. The van der Waals surface area contributed by atoms with Crippen LogP contribution in [-0.2, 0) is 9.84 Å². The third kappa shape index (κ3) is 4.05. The van der Waals surface area contributed by atoms with Crippen LogP contribution in [-0.4, -0.2) is 34.8 Å². The van der Waals surface area contributed by atoms with Gasteiger partial charge in [0.2, 0.25) is 5.95 Å². The van der Waals surface area contributed by atoms with Crippen LogP contribution in [0.1, 0.15) is 31.2 Å². The van der Waals surface area contributed by atoms with Crippen LogP contribution < -0.4 is 11.1 Å². The minimum atomic E-state index is -3.27. The highest BCUT2D eigenvalue weighted by molar-refractivity contribution is 7.90. The number of nitrogens with zero attached hydrogens (tertiary/aromatic N) is 4. The minimum absolute atomic E-state index is 0.128. The van der Waals surface area contributed by atoms with Crippen LogP contribution in [0.15, 0.2) is 33.8 Å². The first-order chi connectivity index (χ1) is 12.6. The Balaban J connectivity index is 1.85. The van der Waals surface area contributed by atoms with Crippen molar-refractivity contribution in [2.75, 3.05) is 17.3 Å². The molecule has 0 saturated heterocycles. The number of nitrogens with two attached hydrogens (primary N) is 1. The van der Waals surface area contributed by atoms with Gasteiger partial charge in [0.15, 0.2) is 15.7 Å². The van der Waals surface area contributed by atoms with E-state index in [4.69, 9.17) is 10.3 Å². The summed E-state index contributed by atoms with van der Waals surface area (Å²) in [7, 11) is -3.27. The van der Waals surface area contributed by atoms with Gasteiger partial charge in [0.05, 0.1) is 4.90 Å². The molecule has 0 radical (unpaired) electrons. The number of aryl methyl sites for hydroxylation is 1. The molecule has 0 saturated carbocycles. The maximum atomic E-state index is 11.7. The molecule has 9 nitrogen and oxygen atoms in total. The molecule has 0 aliphatic heterocycles. The number of anilines is 3. The second kappa shape index (κ2) is 6.95. The Morgan fingerprint density at radius 3 is 2.52 bits per heavy atom. The second-order valence-electron chi connectivity index (χ2n) is 6.48. The first kappa shape index (κ1) is 18.8. The molecule has 10 heteroatoms. The van der Waals surface area contributed by atoms with Gasteiger partial charge in [0.1, 0.15) is 11.4 Å². The van der Waals surface area contributed by atoms with E-state index in [1.54, 1.807) is 19.1 Å². The van der Waals surface area contributed by atoms with E-state index >= 15 is 0 Å². The number of nitrogens with one attached hydrogen (secondary N) is 1. The molecule has 0 amide bonds. The maximum Gasteiger partial charge on any atom is 0.263 e. The Kier molecular flexibility index (Phi) is 4.83. The van der Waals surface area contributed by atoms with Crippen LogP contribution in [0.5, 0.6) is 0 Å². The normalized spacial score (nSPS) is 11.7. The molecule has 0 aliphatic carbocycles. The van der Waals surface area contributed by atoms with Crippen LogP contribution >= 0.6 is 0 Å². The first-order valence-corrected chi connectivity index (χ1v) is 10.1. The third-order valence-corrected chi connectivity index (χ3v) is 5.09. The number of nitrogen functional groups attached to an aromatic ring is 1. The predicted octanol–water partition coefficient (Wildman–Crippen LogP) is 2.69. The third-order valence-electron chi connectivity index (χ3n) is 3.84. The molecule has 2 heterocycles. The van der Waals surface area contributed by atoms with Crippen molar-refractivity contribution in [1.29, 1.82) is 0 Å². The lowest BCUT2D eigenvalue weighted by Gasteiger charge is -2.09. The average molecular weight is 388 g/mol. The molecule has 3 N–H and O–H groups in total. The summed E-state index contributed by atoms with van der Waals surface area (Å²) in [5.74, 6) is 1.43. The fourth-order valence-electron chi connectivity index (χ4n) is 2.47. The van der Waals surface area contributed by atoms with Crippen LogP contribution in [0.3, 0.4) is 0 Å². The summed E-state index contributed by atoms with van der Waals surface area (Å²) in [6.07, 6.45) is 2.67.